The van der Waals surface area contributed by atoms with Crippen LogP contribution in [-0.2, 0) is 0 Å². The maximum Gasteiger partial charge on any atom is 0.123 e. The number of nitrogen functional groups attached to an aromatic ring is 1. The van der Waals surface area contributed by atoms with Gasteiger partial charge in [-0.3, -0.25) is 0 Å². The van der Waals surface area contributed by atoms with Crippen LogP contribution in [0.5, 0.6) is 0 Å². The third kappa shape index (κ3) is 2.87. The second kappa shape index (κ2) is 4.62. The quantitative estimate of drug-likeness (QED) is 0.734. The molecule has 0 aliphatic rings. The molecule has 0 radical (unpaired) electrons. The van der Waals surface area contributed by atoms with Gasteiger partial charge in [0, 0.05) is 12.3 Å². The van der Waals surface area contributed by atoms with Crippen molar-refractivity contribution in [1.82, 2.24) is 4.98 Å². The van der Waals surface area contributed by atoms with Gasteiger partial charge in [-0.2, -0.15) is 0 Å². The highest BCUT2D eigenvalue weighted by Gasteiger charge is 1.94. The molecule has 0 aliphatic carbocycles. The van der Waals surface area contributed by atoms with Gasteiger partial charge in [0.05, 0.1) is 0 Å². The summed E-state index contributed by atoms with van der Waals surface area (Å²) >= 11 is 0. The van der Waals surface area contributed by atoms with Gasteiger partial charge in [-0.15, -0.1) is 0 Å². The number of anilines is 1. The second-order valence-electron chi connectivity index (χ2n) is 2.83. The lowest BCUT2D eigenvalue weighted by Gasteiger charge is -1.99. The smallest absolute Gasteiger partial charge is 0.123 e. The Hall–Kier alpha value is -1.35. The van der Waals surface area contributed by atoms with Gasteiger partial charge < -0.3 is 10.8 Å². The van der Waals surface area contributed by atoms with Crippen molar-refractivity contribution in [1.29, 1.82) is 0 Å². The van der Waals surface area contributed by atoms with E-state index in [0.717, 1.165) is 11.3 Å². The Labute approximate surface area is 77.9 Å². The van der Waals surface area contributed by atoms with Crippen molar-refractivity contribution in [2.45, 2.75) is 13.3 Å². The van der Waals surface area contributed by atoms with Crippen LogP contribution in [0.25, 0.3) is 6.08 Å². The maximum absolute atomic E-state index is 8.57. The number of aryl methyl sites for hydroxylation is 1. The number of nitrogens with zero attached hydrogens (tertiary/aromatic N) is 1. The molecule has 3 N–H and O–H groups in total. The molecule has 0 atom stereocenters. The first kappa shape index (κ1) is 9.74. The molecule has 1 aromatic rings. The first-order valence-corrected chi connectivity index (χ1v) is 4.24. The summed E-state index contributed by atoms with van der Waals surface area (Å²) in [6, 6.07) is 3.69. The highest BCUT2D eigenvalue weighted by Crippen LogP contribution is 2.09. The molecule has 3 nitrogen and oxygen atoms in total. The fourth-order valence-corrected chi connectivity index (χ4v) is 1.05. The van der Waals surface area contributed by atoms with Crippen molar-refractivity contribution in [3.8, 4) is 0 Å². The summed E-state index contributed by atoms with van der Waals surface area (Å²) in [5.74, 6) is 0.539. The van der Waals surface area contributed by atoms with Gasteiger partial charge in [-0.1, -0.05) is 12.2 Å². The molecular weight excluding hydrogens is 164 g/mol. The number of aromatic nitrogens is 1. The van der Waals surface area contributed by atoms with Crippen LogP contribution >= 0.6 is 0 Å². The van der Waals surface area contributed by atoms with Crippen molar-refractivity contribution in [3.05, 3.63) is 29.5 Å². The maximum atomic E-state index is 8.57. The molecule has 0 saturated heterocycles. The van der Waals surface area contributed by atoms with Gasteiger partial charge in [-0.25, -0.2) is 4.98 Å². The Morgan fingerprint density at radius 1 is 1.54 bits per heavy atom. The molecule has 0 spiro atoms. The van der Waals surface area contributed by atoms with Crippen LogP contribution in [0.1, 0.15) is 17.7 Å². The molecule has 3 heteroatoms. The lowest BCUT2D eigenvalue weighted by Crippen LogP contribution is -1.93. The van der Waals surface area contributed by atoms with E-state index in [1.807, 2.05) is 25.1 Å². The normalized spacial score (nSPS) is 10.9. The second-order valence-corrected chi connectivity index (χ2v) is 2.83. The number of hydrogen-bond donors (Lipinski definition) is 2. The standard InChI is InChI=1S/C10H14N2O/c1-8-9(4-2-3-7-13)5-6-10(11)12-8/h2,4-6,13H,3,7H2,1H3,(H2,11,12). The predicted octanol–water partition coefficient (Wildman–Crippen LogP) is 1.37. The summed E-state index contributed by atoms with van der Waals surface area (Å²) in [5, 5.41) is 8.57. The molecule has 1 heterocycles. The van der Waals surface area contributed by atoms with Crippen LogP contribution in [0, 0.1) is 6.92 Å². The lowest BCUT2D eigenvalue weighted by molar-refractivity contribution is 0.303. The van der Waals surface area contributed by atoms with E-state index in [0.29, 0.717) is 12.2 Å². The SMILES string of the molecule is Cc1nc(N)ccc1C=CCCO. The minimum Gasteiger partial charge on any atom is -0.396 e. The van der Waals surface area contributed by atoms with Crippen molar-refractivity contribution >= 4 is 11.9 Å². The number of aliphatic hydroxyl groups is 1. The zero-order valence-electron chi connectivity index (χ0n) is 7.70. The average molecular weight is 178 g/mol. The van der Waals surface area contributed by atoms with Crippen molar-refractivity contribution in [2.24, 2.45) is 0 Å². The minimum absolute atomic E-state index is 0.179. The van der Waals surface area contributed by atoms with Gasteiger partial charge in [0.15, 0.2) is 0 Å². The zero-order valence-corrected chi connectivity index (χ0v) is 7.70. The van der Waals surface area contributed by atoms with Gasteiger partial charge >= 0.3 is 0 Å². The molecule has 1 aromatic heterocycles. The monoisotopic (exact) mass is 178 g/mol. The molecule has 0 fully saturated rings. The van der Waals surface area contributed by atoms with Crippen LogP contribution in [0.3, 0.4) is 0 Å². The number of hydrogen-bond acceptors (Lipinski definition) is 3. The highest BCUT2D eigenvalue weighted by molar-refractivity contribution is 5.53. The number of aliphatic hydroxyl groups excluding tert-OH is 1. The van der Waals surface area contributed by atoms with E-state index in [4.69, 9.17) is 10.8 Å². The molecule has 13 heavy (non-hydrogen) atoms. The van der Waals surface area contributed by atoms with Crippen molar-refractivity contribution in [2.75, 3.05) is 12.3 Å². The largest absolute Gasteiger partial charge is 0.396 e. The molecular formula is C10H14N2O. The van der Waals surface area contributed by atoms with Crippen LogP contribution in [-0.4, -0.2) is 16.7 Å². The molecule has 0 saturated carbocycles. The summed E-state index contributed by atoms with van der Waals surface area (Å²) < 4.78 is 0. The Morgan fingerprint density at radius 3 is 2.92 bits per heavy atom. The predicted molar refractivity (Wildman–Crippen MR) is 54.1 cm³/mol. The molecule has 0 unspecified atom stereocenters. The van der Waals surface area contributed by atoms with Crippen molar-refractivity contribution < 1.29 is 5.11 Å². The summed E-state index contributed by atoms with van der Waals surface area (Å²) in [7, 11) is 0. The molecule has 0 bridgehead atoms. The lowest BCUT2D eigenvalue weighted by atomic mass is 10.2. The van der Waals surface area contributed by atoms with Gasteiger partial charge in [-0.05, 0) is 31.0 Å². The molecule has 0 aromatic carbocycles. The fraction of sp³-hybridized carbons (Fsp3) is 0.300. The van der Waals surface area contributed by atoms with Gasteiger partial charge in [0.25, 0.3) is 0 Å². The Bertz CT molecular complexity index is 308. The zero-order chi connectivity index (χ0) is 9.68. The summed E-state index contributed by atoms with van der Waals surface area (Å²) in [4.78, 5) is 4.12. The topological polar surface area (TPSA) is 59.1 Å². The van der Waals surface area contributed by atoms with E-state index < -0.39 is 0 Å². The summed E-state index contributed by atoms with van der Waals surface area (Å²) in [5.41, 5.74) is 7.46. The highest BCUT2D eigenvalue weighted by atomic mass is 16.2. The number of nitrogens with two attached hydrogens (primary N) is 1. The molecule has 70 valence electrons. The van der Waals surface area contributed by atoms with Crippen LogP contribution in [0.2, 0.25) is 0 Å². The van der Waals surface area contributed by atoms with Crippen LogP contribution < -0.4 is 5.73 Å². The van der Waals surface area contributed by atoms with E-state index in [1.54, 1.807) is 6.07 Å². The van der Waals surface area contributed by atoms with Crippen LogP contribution in [0.4, 0.5) is 5.82 Å². The van der Waals surface area contributed by atoms with E-state index in [1.165, 1.54) is 0 Å². The molecule has 0 aliphatic heterocycles. The van der Waals surface area contributed by atoms with E-state index in [2.05, 4.69) is 4.98 Å². The number of rotatable bonds is 3. The summed E-state index contributed by atoms with van der Waals surface area (Å²) in [6.07, 6.45) is 4.53. The minimum atomic E-state index is 0.179. The Kier molecular flexibility index (Phi) is 3.46. The Balaban J connectivity index is 2.77. The van der Waals surface area contributed by atoms with Crippen molar-refractivity contribution in [3.63, 3.8) is 0 Å². The first-order valence-electron chi connectivity index (χ1n) is 4.24. The molecule has 1 rings (SSSR count). The van der Waals surface area contributed by atoms with E-state index >= 15 is 0 Å². The molecule has 0 amide bonds. The summed E-state index contributed by atoms with van der Waals surface area (Å²) in [6.45, 7) is 2.09. The Morgan fingerprint density at radius 2 is 2.31 bits per heavy atom. The third-order valence-electron chi connectivity index (χ3n) is 1.74. The van der Waals surface area contributed by atoms with Gasteiger partial charge in [0.1, 0.15) is 5.82 Å². The fourth-order valence-electron chi connectivity index (χ4n) is 1.05. The van der Waals surface area contributed by atoms with Crippen LogP contribution in [0.15, 0.2) is 18.2 Å². The van der Waals surface area contributed by atoms with Gasteiger partial charge in [0.2, 0.25) is 0 Å². The average Bonchev–Trinajstić information content (AvgIpc) is 2.09. The number of pyridine rings is 1. The first-order chi connectivity index (χ1) is 6.24. The van der Waals surface area contributed by atoms with E-state index in [9.17, 15) is 0 Å². The third-order valence-corrected chi connectivity index (χ3v) is 1.74. The van der Waals surface area contributed by atoms with E-state index in [-0.39, 0.29) is 6.61 Å².